The fraction of sp³-hybridized carbons (Fsp3) is 0.100. The predicted molar refractivity (Wildman–Crippen MR) is 101 cm³/mol. The molecule has 2 aromatic carbocycles. The molecule has 0 saturated heterocycles. The van der Waals surface area contributed by atoms with Crippen LogP contribution in [0.15, 0.2) is 90.1 Å². The summed E-state index contributed by atoms with van der Waals surface area (Å²) in [5.74, 6) is 0. The Balaban J connectivity index is 1.71. The number of pyridine rings is 1. The lowest BCUT2D eigenvalue weighted by Gasteiger charge is -2.17. The van der Waals surface area contributed by atoms with Crippen LogP contribution in [0.3, 0.4) is 0 Å². The number of benzene rings is 2. The zero-order valence-electron chi connectivity index (χ0n) is 12.9. The summed E-state index contributed by atoms with van der Waals surface area (Å²) in [4.78, 5) is 8.83. The molecule has 0 saturated carbocycles. The Morgan fingerprint density at radius 1 is 0.783 bits per heavy atom. The summed E-state index contributed by atoms with van der Waals surface area (Å²) >= 11 is 0. The predicted octanol–water partition coefficient (Wildman–Crippen LogP) is 3.63. The van der Waals surface area contributed by atoms with Crippen LogP contribution in [0, 0.1) is 0 Å². The van der Waals surface area contributed by atoms with Gasteiger partial charge >= 0.3 is 0 Å². The first-order chi connectivity index (χ1) is 11.4. The van der Waals surface area contributed by atoms with E-state index in [-0.39, 0.29) is 7.92 Å². The van der Waals surface area contributed by atoms with Gasteiger partial charge in [-0.05, 0) is 36.8 Å². The van der Waals surface area contributed by atoms with Gasteiger partial charge in [-0.3, -0.25) is 9.98 Å². The van der Waals surface area contributed by atoms with E-state index in [1.54, 1.807) is 6.20 Å². The van der Waals surface area contributed by atoms with Crippen LogP contribution in [0.2, 0.25) is 0 Å². The van der Waals surface area contributed by atoms with Gasteiger partial charge in [0.2, 0.25) is 0 Å². The molecule has 3 aromatic rings. The Hall–Kier alpha value is -2.31. The highest BCUT2D eigenvalue weighted by molar-refractivity contribution is 7.73. The molecule has 1 heterocycles. The van der Waals surface area contributed by atoms with Crippen molar-refractivity contribution in [1.29, 1.82) is 0 Å². The highest BCUT2D eigenvalue weighted by atomic mass is 31.1. The molecular formula is C20H19N2P. The molecule has 23 heavy (non-hydrogen) atoms. The molecule has 0 N–H and O–H groups in total. The monoisotopic (exact) mass is 318 g/mol. The van der Waals surface area contributed by atoms with E-state index in [1.165, 1.54) is 10.6 Å². The maximum absolute atomic E-state index is 4.56. The third-order valence-corrected chi connectivity index (χ3v) is 5.99. The van der Waals surface area contributed by atoms with Crippen molar-refractivity contribution >= 4 is 24.7 Å². The summed E-state index contributed by atoms with van der Waals surface area (Å²) < 4.78 is 0. The Morgan fingerprint density at radius 3 is 1.96 bits per heavy atom. The molecule has 0 aliphatic rings. The van der Waals surface area contributed by atoms with Crippen LogP contribution in [0.5, 0.6) is 0 Å². The average Bonchev–Trinajstić information content (AvgIpc) is 2.64. The number of hydrogen-bond acceptors (Lipinski definition) is 2. The number of hydrogen-bond donors (Lipinski definition) is 0. The van der Waals surface area contributed by atoms with Crippen molar-refractivity contribution in [3.05, 3.63) is 90.8 Å². The minimum absolute atomic E-state index is 0.366. The Morgan fingerprint density at radius 2 is 1.39 bits per heavy atom. The molecule has 0 unspecified atom stereocenters. The fourth-order valence-electron chi connectivity index (χ4n) is 2.39. The second-order valence-corrected chi connectivity index (χ2v) is 7.45. The lowest BCUT2D eigenvalue weighted by atomic mass is 10.4. The Labute approximate surface area is 138 Å². The quantitative estimate of drug-likeness (QED) is 0.503. The van der Waals surface area contributed by atoms with Crippen molar-refractivity contribution in [2.75, 3.05) is 12.7 Å². The molecule has 0 spiro atoms. The third-order valence-electron chi connectivity index (χ3n) is 3.50. The molecule has 2 nitrogen and oxygen atoms in total. The number of aromatic nitrogens is 1. The van der Waals surface area contributed by atoms with Crippen LogP contribution in [-0.4, -0.2) is 23.9 Å². The second kappa shape index (κ2) is 8.36. The van der Waals surface area contributed by atoms with Gasteiger partial charge in [-0.15, -0.1) is 0 Å². The molecule has 0 radical (unpaired) electrons. The van der Waals surface area contributed by atoms with E-state index in [4.69, 9.17) is 0 Å². The van der Waals surface area contributed by atoms with E-state index in [2.05, 4.69) is 70.6 Å². The summed E-state index contributed by atoms with van der Waals surface area (Å²) in [6.45, 7) is 0.812. The van der Waals surface area contributed by atoms with Gasteiger partial charge in [-0.2, -0.15) is 0 Å². The van der Waals surface area contributed by atoms with E-state index in [0.29, 0.717) is 0 Å². The standard InChI is InChI=1S/C20H19N2P/c1-3-10-19(11-4-1)23(20-12-5-2-6-13-20)16-15-21-17-18-9-7-8-14-22-18/h1-14,17H,15-16H2/b21-17+. The van der Waals surface area contributed by atoms with Crippen molar-refractivity contribution in [3.63, 3.8) is 0 Å². The largest absolute Gasteiger partial charge is 0.291 e. The van der Waals surface area contributed by atoms with Gasteiger partial charge in [0.25, 0.3) is 0 Å². The third kappa shape index (κ3) is 4.58. The van der Waals surface area contributed by atoms with Crippen LogP contribution in [0.4, 0.5) is 0 Å². The Bertz CT molecular complexity index is 688. The van der Waals surface area contributed by atoms with Crippen LogP contribution >= 0.6 is 7.92 Å². The van der Waals surface area contributed by atoms with Crippen LogP contribution in [-0.2, 0) is 0 Å². The normalized spacial score (nSPS) is 11.2. The summed E-state index contributed by atoms with van der Waals surface area (Å²) in [5.41, 5.74) is 0.913. The van der Waals surface area contributed by atoms with E-state index < -0.39 is 0 Å². The summed E-state index contributed by atoms with van der Waals surface area (Å²) in [6.07, 6.45) is 4.71. The van der Waals surface area contributed by atoms with Gasteiger partial charge in [-0.1, -0.05) is 66.7 Å². The van der Waals surface area contributed by atoms with E-state index >= 15 is 0 Å². The minimum Gasteiger partial charge on any atom is -0.291 e. The number of rotatable bonds is 6. The first kappa shape index (κ1) is 15.6. The lowest BCUT2D eigenvalue weighted by molar-refractivity contribution is 1.14. The van der Waals surface area contributed by atoms with Crippen molar-refractivity contribution in [2.24, 2.45) is 4.99 Å². The maximum atomic E-state index is 4.56. The van der Waals surface area contributed by atoms with Gasteiger partial charge in [0.15, 0.2) is 0 Å². The molecule has 0 amide bonds. The van der Waals surface area contributed by atoms with Gasteiger partial charge in [0.1, 0.15) is 0 Å². The fourth-order valence-corrected chi connectivity index (χ4v) is 4.59. The van der Waals surface area contributed by atoms with E-state index in [1.807, 2.05) is 24.4 Å². The molecule has 0 bridgehead atoms. The number of aliphatic imine (C=N–C) groups is 1. The number of nitrogens with zero attached hydrogens (tertiary/aromatic N) is 2. The highest BCUT2D eigenvalue weighted by Crippen LogP contribution is 2.32. The smallest absolute Gasteiger partial charge is 0.0807 e. The van der Waals surface area contributed by atoms with Gasteiger partial charge in [0, 0.05) is 19.0 Å². The second-order valence-electron chi connectivity index (χ2n) is 5.11. The SMILES string of the molecule is C(=N\CCP(c1ccccc1)c1ccccc1)/c1ccccn1. The molecule has 0 atom stereocenters. The van der Waals surface area contributed by atoms with Crippen molar-refractivity contribution < 1.29 is 0 Å². The first-order valence-electron chi connectivity index (χ1n) is 7.72. The van der Waals surface area contributed by atoms with Crippen LogP contribution in [0.25, 0.3) is 0 Å². The average molecular weight is 318 g/mol. The molecule has 0 fully saturated rings. The molecule has 114 valence electrons. The van der Waals surface area contributed by atoms with Gasteiger partial charge < -0.3 is 0 Å². The Kier molecular flexibility index (Phi) is 5.66. The zero-order chi connectivity index (χ0) is 15.7. The topological polar surface area (TPSA) is 25.2 Å². The van der Waals surface area contributed by atoms with Gasteiger partial charge in [-0.25, -0.2) is 0 Å². The van der Waals surface area contributed by atoms with E-state index in [9.17, 15) is 0 Å². The maximum Gasteiger partial charge on any atom is 0.0807 e. The first-order valence-corrected chi connectivity index (χ1v) is 9.25. The highest BCUT2D eigenvalue weighted by Gasteiger charge is 2.12. The van der Waals surface area contributed by atoms with Crippen LogP contribution < -0.4 is 10.6 Å². The van der Waals surface area contributed by atoms with Crippen molar-refractivity contribution in [3.8, 4) is 0 Å². The molecule has 0 aliphatic carbocycles. The van der Waals surface area contributed by atoms with Crippen molar-refractivity contribution in [1.82, 2.24) is 4.98 Å². The van der Waals surface area contributed by atoms with Crippen LogP contribution in [0.1, 0.15) is 5.69 Å². The molecule has 3 heteroatoms. The lowest BCUT2D eigenvalue weighted by Crippen LogP contribution is -2.15. The minimum atomic E-state index is -0.366. The van der Waals surface area contributed by atoms with Crippen molar-refractivity contribution in [2.45, 2.75) is 0 Å². The molecule has 3 rings (SSSR count). The summed E-state index contributed by atoms with van der Waals surface area (Å²) in [6, 6.07) is 27.4. The summed E-state index contributed by atoms with van der Waals surface area (Å²) in [5, 5.41) is 2.81. The van der Waals surface area contributed by atoms with E-state index in [0.717, 1.165) is 18.4 Å². The zero-order valence-corrected chi connectivity index (χ0v) is 13.8. The summed E-state index contributed by atoms with van der Waals surface area (Å²) in [7, 11) is -0.366. The molecule has 0 aliphatic heterocycles. The van der Waals surface area contributed by atoms with Gasteiger partial charge in [0.05, 0.1) is 5.69 Å². The molecular weight excluding hydrogens is 299 g/mol. The molecule has 1 aromatic heterocycles.